The highest BCUT2D eigenvalue weighted by Crippen LogP contribution is 2.33. The third-order valence-electron chi connectivity index (χ3n) is 3.12. The zero-order valence-electron chi connectivity index (χ0n) is 12.5. The molecule has 21 heavy (non-hydrogen) atoms. The molecule has 1 aromatic heterocycles. The van der Waals surface area contributed by atoms with Crippen LogP contribution in [0.15, 0.2) is 18.2 Å². The SMILES string of the molecule is CNc1nc(C(C)C)nc(Nc2cccc(Cl)c2Cl)c1C. The maximum atomic E-state index is 6.22. The molecule has 0 bridgehead atoms. The zero-order valence-corrected chi connectivity index (χ0v) is 14.0. The lowest BCUT2D eigenvalue weighted by molar-refractivity contribution is 0.775. The van der Waals surface area contributed by atoms with Crippen LogP contribution in [0.5, 0.6) is 0 Å². The van der Waals surface area contributed by atoms with Gasteiger partial charge in [0.1, 0.15) is 17.5 Å². The predicted octanol–water partition coefficient (Wildman–Crippen LogP) is 5.00. The second-order valence-corrected chi connectivity index (χ2v) is 5.82. The van der Waals surface area contributed by atoms with Crippen molar-refractivity contribution in [2.45, 2.75) is 26.7 Å². The van der Waals surface area contributed by atoms with Crippen LogP contribution in [-0.2, 0) is 0 Å². The molecule has 0 saturated carbocycles. The molecular weight excluding hydrogens is 307 g/mol. The van der Waals surface area contributed by atoms with Crippen molar-refractivity contribution in [3.05, 3.63) is 39.6 Å². The number of anilines is 3. The number of nitrogens with zero attached hydrogens (tertiary/aromatic N) is 2. The first-order valence-electron chi connectivity index (χ1n) is 6.71. The molecule has 0 saturated heterocycles. The Morgan fingerprint density at radius 3 is 2.38 bits per heavy atom. The van der Waals surface area contributed by atoms with Crippen LogP contribution in [0.3, 0.4) is 0 Å². The van der Waals surface area contributed by atoms with Crippen LogP contribution < -0.4 is 10.6 Å². The van der Waals surface area contributed by atoms with Gasteiger partial charge in [0.15, 0.2) is 0 Å². The monoisotopic (exact) mass is 324 g/mol. The topological polar surface area (TPSA) is 49.8 Å². The summed E-state index contributed by atoms with van der Waals surface area (Å²) in [5.74, 6) is 2.52. The summed E-state index contributed by atoms with van der Waals surface area (Å²) in [6, 6.07) is 5.46. The van der Waals surface area contributed by atoms with E-state index in [-0.39, 0.29) is 5.92 Å². The molecule has 0 spiro atoms. The summed E-state index contributed by atoms with van der Waals surface area (Å²) in [5.41, 5.74) is 1.65. The summed E-state index contributed by atoms with van der Waals surface area (Å²) in [6.07, 6.45) is 0. The summed E-state index contributed by atoms with van der Waals surface area (Å²) < 4.78 is 0. The van der Waals surface area contributed by atoms with Crippen LogP contribution in [0.4, 0.5) is 17.3 Å². The van der Waals surface area contributed by atoms with Gasteiger partial charge in [-0.15, -0.1) is 0 Å². The Morgan fingerprint density at radius 1 is 1.10 bits per heavy atom. The highest BCUT2D eigenvalue weighted by molar-refractivity contribution is 6.43. The van der Waals surface area contributed by atoms with Crippen molar-refractivity contribution in [2.24, 2.45) is 0 Å². The molecule has 2 rings (SSSR count). The molecule has 1 aromatic carbocycles. The lowest BCUT2D eigenvalue weighted by atomic mass is 10.2. The molecule has 4 nitrogen and oxygen atoms in total. The molecule has 0 amide bonds. The van der Waals surface area contributed by atoms with Crippen molar-refractivity contribution < 1.29 is 0 Å². The lowest BCUT2D eigenvalue weighted by Crippen LogP contribution is -2.08. The summed E-state index contributed by atoms with van der Waals surface area (Å²) in [4.78, 5) is 9.09. The Kier molecular flexibility index (Phi) is 4.91. The standard InChI is InChI=1S/C15H18Cl2N4/c1-8(2)13-20-14(18-4)9(3)15(21-13)19-11-7-5-6-10(16)12(11)17/h5-8H,1-4H3,(H2,18,19,20,21). The molecule has 1 heterocycles. The predicted molar refractivity (Wildman–Crippen MR) is 90.1 cm³/mol. The van der Waals surface area contributed by atoms with Crippen LogP contribution in [0.25, 0.3) is 0 Å². The average Bonchev–Trinajstić information content (AvgIpc) is 2.45. The van der Waals surface area contributed by atoms with Crippen molar-refractivity contribution in [3.63, 3.8) is 0 Å². The van der Waals surface area contributed by atoms with Gasteiger partial charge in [0, 0.05) is 18.5 Å². The largest absolute Gasteiger partial charge is 0.373 e. The van der Waals surface area contributed by atoms with Gasteiger partial charge in [0.25, 0.3) is 0 Å². The summed E-state index contributed by atoms with van der Waals surface area (Å²) in [5, 5.41) is 7.32. The second kappa shape index (κ2) is 6.50. The third kappa shape index (κ3) is 3.39. The van der Waals surface area contributed by atoms with Gasteiger partial charge in [-0.2, -0.15) is 0 Å². The maximum Gasteiger partial charge on any atom is 0.139 e. The van der Waals surface area contributed by atoms with E-state index in [0.717, 1.165) is 28.7 Å². The van der Waals surface area contributed by atoms with E-state index in [4.69, 9.17) is 23.2 Å². The Balaban J connectivity index is 2.48. The van der Waals surface area contributed by atoms with Crippen LogP contribution in [-0.4, -0.2) is 17.0 Å². The number of hydrogen-bond donors (Lipinski definition) is 2. The van der Waals surface area contributed by atoms with E-state index in [2.05, 4.69) is 34.4 Å². The summed E-state index contributed by atoms with van der Waals surface area (Å²) >= 11 is 12.3. The van der Waals surface area contributed by atoms with E-state index < -0.39 is 0 Å². The van der Waals surface area contributed by atoms with Gasteiger partial charge < -0.3 is 10.6 Å². The number of aromatic nitrogens is 2. The molecule has 0 unspecified atom stereocenters. The highest BCUT2D eigenvalue weighted by Gasteiger charge is 2.14. The van der Waals surface area contributed by atoms with Gasteiger partial charge in [-0.3, -0.25) is 0 Å². The minimum atomic E-state index is 0.230. The van der Waals surface area contributed by atoms with Gasteiger partial charge in [-0.05, 0) is 19.1 Å². The highest BCUT2D eigenvalue weighted by atomic mass is 35.5. The first-order valence-corrected chi connectivity index (χ1v) is 7.47. The van der Waals surface area contributed by atoms with Gasteiger partial charge >= 0.3 is 0 Å². The Morgan fingerprint density at radius 2 is 1.76 bits per heavy atom. The number of benzene rings is 1. The van der Waals surface area contributed by atoms with Crippen molar-refractivity contribution in [3.8, 4) is 0 Å². The van der Waals surface area contributed by atoms with E-state index >= 15 is 0 Å². The Hall–Kier alpha value is -1.52. The first-order chi connectivity index (χ1) is 9.93. The smallest absolute Gasteiger partial charge is 0.139 e. The number of nitrogens with one attached hydrogen (secondary N) is 2. The van der Waals surface area contributed by atoms with E-state index in [1.165, 1.54) is 0 Å². The van der Waals surface area contributed by atoms with E-state index in [1.54, 1.807) is 6.07 Å². The number of halogens is 2. The average molecular weight is 325 g/mol. The minimum absolute atomic E-state index is 0.230. The zero-order chi connectivity index (χ0) is 15.6. The van der Waals surface area contributed by atoms with Gasteiger partial charge in [-0.1, -0.05) is 43.1 Å². The fourth-order valence-corrected chi connectivity index (χ4v) is 2.23. The molecule has 0 fully saturated rings. The minimum Gasteiger partial charge on any atom is -0.373 e. The van der Waals surface area contributed by atoms with Crippen molar-refractivity contribution in [2.75, 3.05) is 17.7 Å². The number of hydrogen-bond acceptors (Lipinski definition) is 4. The Labute approximate surface area is 134 Å². The van der Waals surface area contributed by atoms with Crippen LogP contribution in [0, 0.1) is 6.92 Å². The molecule has 0 aliphatic rings. The Bertz CT molecular complexity index is 656. The van der Waals surface area contributed by atoms with Gasteiger partial charge in [0.05, 0.1) is 15.7 Å². The molecule has 0 aliphatic carbocycles. The quantitative estimate of drug-likeness (QED) is 0.830. The molecule has 2 aromatic rings. The molecule has 0 atom stereocenters. The molecule has 2 N–H and O–H groups in total. The van der Waals surface area contributed by atoms with Crippen molar-refractivity contribution in [1.29, 1.82) is 0 Å². The molecule has 112 valence electrons. The third-order valence-corrected chi connectivity index (χ3v) is 3.94. The van der Waals surface area contributed by atoms with Gasteiger partial charge in [0.2, 0.25) is 0 Å². The fourth-order valence-electron chi connectivity index (χ4n) is 1.89. The number of rotatable bonds is 4. The van der Waals surface area contributed by atoms with Crippen LogP contribution >= 0.6 is 23.2 Å². The summed E-state index contributed by atoms with van der Waals surface area (Å²) in [7, 11) is 1.84. The van der Waals surface area contributed by atoms with Gasteiger partial charge in [-0.25, -0.2) is 9.97 Å². The van der Waals surface area contributed by atoms with E-state index in [9.17, 15) is 0 Å². The second-order valence-electron chi connectivity index (χ2n) is 5.04. The molecule has 6 heteroatoms. The summed E-state index contributed by atoms with van der Waals surface area (Å²) in [6.45, 7) is 6.07. The first kappa shape index (κ1) is 15.9. The normalized spacial score (nSPS) is 10.8. The fraction of sp³-hybridized carbons (Fsp3) is 0.333. The van der Waals surface area contributed by atoms with Crippen molar-refractivity contribution >= 4 is 40.5 Å². The van der Waals surface area contributed by atoms with Crippen molar-refractivity contribution in [1.82, 2.24) is 9.97 Å². The lowest BCUT2D eigenvalue weighted by Gasteiger charge is -2.16. The maximum absolute atomic E-state index is 6.22. The molecule has 0 radical (unpaired) electrons. The van der Waals surface area contributed by atoms with Crippen LogP contribution in [0.2, 0.25) is 10.0 Å². The van der Waals surface area contributed by atoms with Crippen LogP contribution in [0.1, 0.15) is 31.2 Å². The van der Waals surface area contributed by atoms with E-state index in [0.29, 0.717) is 10.0 Å². The van der Waals surface area contributed by atoms with E-state index in [1.807, 2.05) is 26.1 Å². The molecule has 0 aliphatic heterocycles. The molecular formula is C15H18Cl2N4.